The van der Waals surface area contributed by atoms with E-state index in [9.17, 15) is 9.59 Å². The monoisotopic (exact) mass is 399 g/mol. The highest BCUT2D eigenvalue weighted by molar-refractivity contribution is 9.10. The normalized spacial score (nSPS) is 14.0. The van der Waals surface area contributed by atoms with Crippen LogP contribution in [0.15, 0.2) is 58.7 Å². The van der Waals surface area contributed by atoms with Gasteiger partial charge in [-0.2, -0.15) is 0 Å². The van der Waals surface area contributed by atoms with Crippen LogP contribution >= 0.6 is 15.9 Å². The second-order valence-corrected chi connectivity index (χ2v) is 6.89. The Balaban J connectivity index is 1.77. The standard InChI is InChI=1S/C19H18BrN3O2/c1-12-9-13(2)11-15(10-12)21-19(25)17-7-8-18(24)23(22-17)16-5-3-14(20)4-6-16/h3-7,9-11,22H,8H2,1-2H3,(H,21,25). The first-order chi connectivity index (χ1) is 11.9. The van der Waals surface area contributed by atoms with Crippen LogP contribution in [0.25, 0.3) is 0 Å². The number of carbonyl (C=O) groups excluding carboxylic acids is 2. The summed E-state index contributed by atoms with van der Waals surface area (Å²) >= 11 is 3.37. The van der Waals surface area contributed by atoms with Gasteiger partial charge in [0, 0.05) is 16.6 Å². The van der Waals surface area contributed by atoms with E-state index in [0.29, 0.717) is 11.4 Å². The number of benzene rings is 2. The fraction of sp³-hybridized carbons (Fsp3) is 0.158. The van der Waals surface area contributed by atoms with Gasteiger partial charge >= 0.3 is 0 Å². The van der Waals surface area contributed by atoms with Gasteiger partial charge in [-0.25, -0.2) is 5.01 Å². The van der Waals surface area contributed by atoms with Crippen LogP contribution in [0.1, 0.15) is 17.5 Å². The minimum absolute atomic E-state index is 0.120. The van der Waals surface area contributed by atoms with Crippen LogP contribution in [0, 0.1) is 13.8 Å². The van der Waals surface area contributed by atoms with Crippen molar-refractivity contribution in [2.75, 3.05) is 10.3 Å². The highest BCUT2D eigenvalue weighted by Gasteiger charge is 2.24. The van der Waals surface area contributed by atoms with Crippen molar-refractivity contribution in [3.63, 3.8) is 0 Å². The maximum absolute atomic E-state index is 12.5. The van der Waals surface area contributed by atoms with Gasteiger partial charge in [0.1, 0.15) is 5.70 Å². The number of anilines is 2. The molecule has 5 nitrogen and oxygen atoms in total. The molecule has 2 aromatic rings. The zero-order valence-corrected chi connectivity index (χ0v) is 15.6. The molecule has 0 unspecified atom stereocenters. The van der Waals surface area contributed by atoms with E-state index < -0.39 is 0 Å². The molecule has 0 aliphatic carbocycles. The average molecular weight is 400 g/mol. The number of amides is 2. The second kappa shape index (κ2) is 7.11. The largest absolute Gasteiger partial charge is 0.321 e. The molecule has 2 amide bonds. The summed E-state index contributed by atoms with van der Waals surface area (Å²) < 4.78 is 0.920. The molecule has 0 saturated carbocycles. The Bertz CT molecular complexity index is 839. The van der Waals surface area contributed by atoms with Gasteiger partial charge in [0.2, 0.25) is 5.91 Å². The summed E-state index contributed by atoms with van der Waals surface area (Å²) in [4.78, 5) is 24.7. The zero-order valence-electron chi connectivity index (χ0n) is 14.0. The molecule has 6 heteroatoms. The van der Waals surface area contributed by atoms with E-state index in [1.165, 1.54) is 5.01 Å². The summed E-state index contributed by atoms with van der Waals surface area (Å²) in [5.74, 6) is -0.398. The predicted octanol–water partition coefficient (Wildman–Crippen LogP) is 3.83. The molecule has 0 spiro atoms. The van der Waals surface area contributed by atoms with Gasteiger partial charge in [0.25, 0.3) is 5.91 Å². The molecular formula is C19H18BrN3O2. The predicted molar refractivity (Wildman–Crippen MR) is 102 cm³/mol. The Hall–Kier alpha value is -2.60. The third kappa shape index (κ3) is 4.09. The first-order valence-corrected chi connectivity index (χ1v) is 8.66. The lowest BCUT2D eigenvalue weighted by Crippen LogP contribution is -2.47. The molecule has 0 radical (unpaired) electrons. The van der Waals surface area contributed by atoms with Gasteiger partial charge in [-0.05, 0) is 67.4 Å². The smallest absolute Gasteiger partial charge is 0.273 e. The van der Waals surface area contributed by atoms with Crippen molar-refractivity contribution in [3.8, 4) is 0 Å². The average Bonchev–Trinajstić information content (AvgIpc) is 2.55. The fourth-order valence-electron chi connectivity index (χ4n) is 2.70. The number of nitrogens with one attached hydrogen (secondary N) is 2. The fourth-order valence-corrected chi connectivity index (χ4v) is 2.96. The number of carbonyl (C=O) groups is 2. The van der Waals surface area contributed by atoms with E-state index >= 15 is 0 Å². The molecule has 1 aliphatic rings. The number of rotatable bonds is 3. The van der Waals surface area contributed by atoms with Gasteiger partial charge in [-0.1, -0.05) is 22.0 Å². The van der Waals surface area contributed by atoms with Crippen molar-refractivity contribution in [3.05, 3.63) is 69.8 Å². The maximum atomic E-state index is 12.5. The molecule has 0 fully saturated rings. The van der Waals surface area contributed by atoms with E-state index in [4.69, 9.17) is 0 Å². The molecule has 0 bridgehead atoms. The minimum Gasteiger partial charge on any atom is -0.321 e. The molecule has 2 N–H and O–H groups in total. The van der Waals surface area contributed by atoms with Crippen LogP contribution in [0.3, 0.4) is 0 Å². The first-order valence-electron chi connectivity index (χ1n) is 7.87. The quantitative estimate of drug-likeness (QED) is 0.824. The summed E-state index contributed by atoms with van der Waals surface area (Å²) in [6.07, 6.45) is 1.77. The van der Waals surface area contributed by atoms with Gasteiger partial charge < -0.3 is 5.32 Å². The van der Waals surface area contributed by atoms with E-state index in [0.717, 1.165) is 21.3 Å². The number of aryl methyl sites for hydroxylation is 2. The highest BCUT2D eigenvalue weighted by Crippen LogP contribution is 2.21. The molecule has 3 rings (SSSR count). The Morgan fingerprint density at radius 3 is 2.40 bits per heavy atom. The van der Waals surface area contributed by atoms with Crippen LogP contribution in [-0.4, -0.2) is 11.8 Å². The van der Waals surface area contributed by atoms with Crippen molar-refractivity contribution in [2.45, 2.75) is 20.3 Å². The lowest BCUT2D eigenvalue weighted by Gasteiger charge is -2.28. The van der Waals surface area contributed by atoms with Gasteiger partial charge in [0.15, 0.2) is 0 Å². The van der Waals surface area contributed by atoms with Crippen LogP contribution in [0.4, 0.5) is 11.4 Å². The van der Waals surface area contributed by atoms with Gasteiger partial charge in [0.05, 0.1) is 5.69 Å². The lowest BCUT2D eigenvalue weighted by molar-refractivity contribution is -0.119. The van der Waals surface area contributed by atoms with Crippen molar-refractivity contribution in [2.24, 2.45) is 0 Å². The van der Waals surface area contributed by atoms with Crippen LogP contribution in [-0.2, 0) is 9.59 Å². The number of hydrazine groups is 1. The summed E-state index contributed by atoms with van der Waals surface area (Å²) in [5.41, 5.74) is 6.82. The third-order valence-corrected chi connectivity index (χ3v) is 4.30. The van der Waals surface area contributed by atoms with Crippen molar-refractivity contribution in [1.82, 2.24) is 5.43 Å². The van der Waals surface area contributed by atoms with Gasteiger partial charge in [-0.3, -0.25) is 15.0 Å². The summed E-state index contributed by atoms with van der Waals surface area (Å²) in [6.45, 7) is 3.96. The maximum Gasteiger partial charge on any atom is 0.273 e. The Kier molecular flexibility index (Phi) is 4.90. The highest BCUT2D eigenvalue weighted by atomic mass is 79.9. The molecule has 1 heterocycles. The number of hydrogen-bond donors (Lipinski definition) is 2. The van der Waals surface area contributed by atoms with E-state index in [2.05, 4.69) is 26.7 Å². The first kappa shape index (κ1) is 17.2. The van der Waals surface area contributed by atoms with E-state index in [1.807, 2.05) is 44.2 Å². The molecule has 25 heavy (non-hydrogen) atoms. The number of hydrogen-bond acceptors (Lipinski definition) is 3. The summed E-state index contributed by atoms with van der Waals surface area (Å²) in [5, 5.41) is 4.27. The van der Waals surface area contributed by atoms with Crippen molar-refractivity contribution >= 4 is 39.1 Å². The number of nitrogens with zero attached hydrogens (tertiary/aromatic N) is 1. The molecule has 1 aliphatic heterocycles. The summed E-state index contributed by atoms with van der Waals surface area (Å²) in [6, 6.07) is 13.2. The molecule has 0 saturated heterocycles. The second-order valence-electron chi connectivity index (χ2n) is 5.97. The summed E-state index contributed by atoms with van der Waals surface area (Å²) in [7, 11) is 0. The molecule has 2 aromatic carbocycles. The van der Waals surface area contributed by atoms with Crippen molar-refractivity contribution < 1.29 is 9.59 Å². The Labute approximate surface area is 154 Å². The molecule has 0 aromatic heterocycles. The van der Waals surface area contributed by atoms with E-state index in [-0.39, 0.29) is 18.2 Å². The van der Waals surface area contributed by atoms with Crippen molar-refractivity contribution in [1.29, 1.82) is 0 Å². The molecule has 0 atom stereocenters. The van der Waals surface area contributed by atoms with Crippen LogP contribution < -0.4 is 15.8 Å². The van der Waals surface area contributed by atoms with Gasteiger partial charge in [-0.15, -0.1) is 0 Å². The van der Waals surface area contributed by atoms with E-state index in [1.54, 1.807) is 18.2 Å². The molecular weight excluding hydrogens is 382 g/mol. The lowest BCUT2D eigenvalue weighted by atomic mass is 10.1. The topological polar surface area (TPSA) is 61.4 Å². The van der Waals surface area contributed by atoms with Crippen LogP contribution in [0.5, 0.6) is 0 Å². The zero-order chi connectivity index (χ0) is 18.0. The van der Waals surface area contributed by atoms with Crippen LogP contribution in [0.2, 0.25) is 0 Å². The SMILES string of the molecule is Cc1cc(C)cc(NC(=O)C2=CCC(=O)N(c3ccc(Br)cc3)N2)c1. The Morgan fingerprint density at radius 1 is 1.12 bits per heavy atom. The molecule has 128 valence electrons. The third-order valence-electron chi connectivity index (χ3n) is 3.77. The Morgan fingerprint density at radius 2 is 1.76 bits per heavy atom. The number of halogens is 1. The minimum atomic E-state index is -0.278.